The number of thiocarbonyl (C=S) groups is 1. The number of rotatable bonds is 5. The first kappa shape index (κ1) is 14.7. The lowest BCUT2D eigenvalue weighted by Crippen LogP contribution is -2.11. The third kappa shape index (κ3) is 3.24. The number of anilines is 1. The zero-order chi connectivity index (χ0) is 14.8. The zero-order valence-corrected chi connectivity index (χ0v) is 12.8. The van der Waals surface area contributed by atoms with Crippen molar-refractivity contribution < 1.29 is 13.2 Å². The molecule has 3 N–H and O–H groups in total. The van der Waals surface area contributed by atoms with Crippen LogP contribution in [0.25, 0.3) is 0 Å². The Kier molecular flexibility index (Phi) is 4.21. The number of ether oxygens (including phenoxy) is 1. The summed E-state index contributed by atoms with van der Waals surface area (Å²) in [5.74, 6) is 0.403. The predicted octanol–water partition coefficient (Wildman–Crippen LogP) is 1.59. The van der Waals surface area contributed by atoms with Gasteiger partial charge in [-0.2, -0.15) is 0 Å². The first-order chi connectivity index (χ1) is 9.42. The fourth-order valence-electron chi connectivity index (χ4n) is 1.36. The Morgan fingerprint density at radius 3 is 2.65 bits per heavy atom. The third-order valence-corrected chi connectivity index (χ3v) is 5.63. The van der Waals surface area contributed by atoms with Gasteiger partial charge in [0.25, 0.3) is 10.0 Å². The molecular formula is C11H11N3O3S3. The molecule has 0 amide bonds. The number of nitrogens with one attached hydrogen (secondary N) is 1. The van der Waals surface area contributed by atoms with Crippen LogP contribution in [0.15, 0.2) is 34.7 Å². The smallest absolute Gasteiger partial charge is 0.271 e. The molecule has 0 aliphatic heterocycles. The van der Waals surface area contributed by atoms with Crippen molar-refractivity contribution in [1.29, 1.82) is 0 Å². The largest absolute Gasteiger partial charge is 0.481 e. The Hall–Kier alpha value is -1.71. The Morgan fingerprint density at radius 2 is 2.15 bits per heavy atom. The summed E-state index contributed by atoms with van der Waals surface area (Å²) in [5.41, 5.74) is 5.80. The van der Waals surface area contributed by atoms with Gasteiger partial charge in [-0.05, 0) is 18.2 Å². The molecule has 0 aromatic carbocycles. The second kappa shape index (κ2) is 5.73. The molecule has 0 aliphatic rings. The van der Waals surface area contributed by atoms with Crippen molar-refractivity contribution in [3.63, 3.8) is 0 Å². The molecule has 20 heavy (non-hydrogen) atoms. The Labute approximate surface area is 125 Å². The number of hydrogen-bond acceptors (Lipinski definition) is 6. The van der Waals surface area contributed by atoms with Crippen molar-refractivity contribution in [3.8, 4) is 5.88 Å². The maximum absolute atomic E-state index is 12.1. The summed E-state index contributed by atoms with van der Waals surface area (Å²) >= 11 is 5.82. The fraction of sp³-hybridized carbons (Fsp3) is 0.0909. The van der Waals surface area contributed by atoms with Crippen LogP contribution in [0.2, 0.25) is 0 Å². The molecule has 2 heterocycles. The second-order valence-corrected chi connectivity index (χ2v) is 7.11. The average Bonchev–Trinajstić information content (AvgIpc) is 2.90. The van der Waals surface area contributed by atoms with E-state index < -0.39 is 10.0 Å². The topological polar surface area (TPSA) is 94.3 Å². The minimum absolute atomic E-state index is 0.135. The monoisotopic (exact) mass is 329 g/mol. The number of hydrogen-bond donors (Lipinski definition) is 2. The van der Waals surface area contributed by atoms with Gasteiger partial charge < -0.3 is 10.5 Å². The third-order valence-electron chi connectivity index (χ3n) is 2.29. The molecular weight excluding hydrogens is 318 g/mol. The minimum Gasteiger partial charge on any atom is -0.481 e. The Bertz CT molecular complexity index is 723. The lowest BCUT2D eigenvalue weighted by molar-refractivity contribution is 0.398. The quantitative estimate of drug-likeness (QED) is 0.809. The average molecular weight is 329 g/mol. The standard InChI is InChI=1S/C11H11N3O3S3/c1-17-9-4-2-7(6-13-9)14-20(15,16)10-5-3-8(19-10)11(12)18/h2-6,14H,1H3,(H2,12,18). The Morgan fingerprint density at radius 1 is 1.40 bits per heavy atom. The summed E-state index contributed by atoms with van der Waals surface area (Å²) < 4.78 is 31.7. The molecule has 0 saturated heterocycles. The number of nitrogens with zero attached hydrogens (tertiary/aromatic N) is 1. The lowest BCUT2D eigenvalue weighted by Gasteiger charge is -2.06. The number of aromatic nitrogens is 1. The van der Waals surface area contributed by atoms with Gasteiger partial charge in [-0.15, -0.1) is 11.3 Å². The molecule has 0 aliphatic carbocycles. The van der Waals surface area contributed by atoms with Crippen molar-refractivity contribution >= 4 is 44.3 Å². The molecule has 0 bridgehead atoms. The van der Waals surface area contributed by atoms with Crippen LogP contribution in [0.1, 0.15) is 4.88 Å². The van der Waals surface area contributed by atoms with Crippen LogP contribution < -0.4 is 15.2 Å². The van der Waals surface area contributed by atoms with Crippen LogP contribution in [0, 0.1) is 0 Å². The number of nitrogens with two attached hydrogens (primary N) is 1. The zero-order valence-electron chi connectivity index (χ0n) is 10.4. The molecule has 0 atom stereocenters. The van der Waals surface area contributed by atoms with Crippen molar-refractivity contribution in [3.05, 3.63) is 35.3 Å². The molecule has 0 unspecified atom stereocenters. The van der Waals surface area contributed by atoms with E-state index >= 15 is 0 Å². The maximum atomic E-state index is 12.1. The van der Waals surface area contributed by atoms with Crippen molar-refractivity contribution in [2.24, 2.45) is 5.73 Å². The first-order valence-corrected chi connectivity index (χ1v) is 8.05. The molecule has 2 aromatic heterocycles. The van der Waals surface area contributed by atoms with Crippen LogP contribution >= 0.6 is 23.6 Å². The summed E-state index contributed by atoms with van der Waals surface area (Å²) in [6.45, 7) is 0. The Balaban J connectivity index is 2.23. The molecule has 106 valence electrons. The van der Waals surface area contributed by atoms with Crippen LogP contribution in [-0.2, 0) is 10.0 Å². The normalized spacial score (nSPS) is 11.1. The number of methoxy groups -OCH3 is 1. The fourth-order valence-corrected chi connectivity index (χ4v) is 3.76. The summed E-state index contributed by atoms with van der Waals surface area (Å²) in [6, 6.07) is 6.16. The van der Waals surface area contributed by atoms with Crippen molar-refractivity contribution in [2.45, 2.75) is 4.21 Å². The highest BCUT2D eigenvalue weighted by molar-refractivity contribution is 7.94. The summed E-state index contributed by atoms with van der Waals surface area (Å²) in [6.07, 6.45) is 1.37. The van der Waals surface area contributed by atoms with E-state index in [0.29, 0.717) is 16.4 Å². The molecule has 0 fully saturated rings. The highest BCUT2D eigenvalue weighted by Gasteiger charge is 2.17. The van der Waals surface area contributed by atoms with E-state index in [1.807, 2.05) is 0 Å². The van der Waals surface area contributed by atoms with E-state index in [1.54, 1.807) is 18.2 Å². The second-order valence-electron chi connectivity index (χ2n) is 3.68. The lowest BCUT2D eigenvalue weighted by atomic mass is 10.4. The molecule has 6 nitrogen and oxygen atoms in total. The van der Waals surface area contributed by atoms with Crippen LogP contribution in [-0.4, -0.2) is 25.5 Å². The molecule has 2 aromatic rings. The van der Waals surface area contributed by atoms with Gasteiger partial charge in [0.05, 0.1) is 23.9 Å². The van der Waals surface area contributed by atoms with E-state index in [4.69, 9.17) is 22.7 Å². The molecule has 9 heteroatoms. The predicted molar refractivity (Wildman–Crippen MR) is 81.8 cm³/mol. The van der Waals surface area contributed by atoms with E-state index in [9.17, 15) is 8.42 Å². The van der Waals surface area contributed by atoms with Gasteiger partial charge >= 0.3 is 0 Å². The van der Waals surface area contributed by atoms with E-state index in [2.05, 4.69) is 9.71 Å². The minimum atomic E-state index is -3.67. The van der Waals surface area contributed by atoms with Crippen LogP contribution in [0.5, 0.6) is 5.88 Å². The van der Waals surface area contributed by atoms with Gasteiger partial charge in [0, 0.05) is 6.07 Å². The molecule has 2 rings (SSSR count). The van der Waals surface area contributed by atoms with E-state index in [-0.39, 0.29) is 9.20 Å². The van der Waals surface area contributed by atoms with Crippen LogP contribution in [0.4, 0.5) is 5.69 Å². The summed E-state index contributed by atoms with van der Waals surface area (Å²) in [5, 5.41) is 0. The van der Waals surface area contributed by atoms with Gasteiger partial charge in [-0.25, -0.2) is 13.4 Å². The molecule has 0 spiro atoms. The number of sulfonamides is 1. The van der Waals surface area contributed by atoms with E-state index in [1.165, 1.54) is 19.4 Å². The van der Waals surface area contributed by atoms with Crippen molar-refractivity contribution in [1.82, 2.24) is 4.98 Å². The van der Waals surface area contributed by atoms with E-state index in [0.717, 1.165) is 11.3 Å². The number of pyridine rings is 1. The van der Waals surface area contributed by atoms with Gasteiger partial charge in [0.1, 0.15) is 9.20 Å². The van der Waals surface area contributed by atoms with Gasteiger partial charge in [-0.3, -0.25) is 4.72 Å². The first-order valence-electron chi connectivity index (χ1n) is 5.35. The maximum Gasteiger partial charge on any atom is 0.271 e. The molecule has 0 saturated carbocycles. The molecule has 0 radical (unpaired) electrons. The van der Waals surface area contributed by atoms with Crippen LogP contribution in [0.3, 0.4) is 0 Å². The SMILES string of the molecule is COc1ccc(NS(=O)(=O)c2ccc(C(N)=S)s2)cn1. The highest BCUT2D eigenvalue weighted by atomic mass is 32.2. The summed E-state index contributed by atoms with van der Waals surface area (Å²) in [7, 11) is -2.19. The number of thiophene rings is 1. The van der Waals surface area contributed by atoms with Gasteiger partial charge in [-0.1, -0.05) is 12.2 Å². The van der Waals surface area contributed by atoms with Gasteiger partial charge in [0.15, 0.2) is 0 Å². The highest BCUT2D eigenvalue weighted by Crippen LogP contribution is 2.24. The van der Waals surface area contributed by atoms with Crippen molar-refractivity contribution in [2.75, 3.05) is 11.8 Å². The summed E-state index contributed by atoms with van der Waals surface area (Å²) in [4.78, 5) is 4.64. The van der Waals surface area contributed by atoms with Gasteiger partial charge in [0.2, 0.25) is 5.88 Å².